The van der Waals surface area contributed by atoms with Gasteiger partial charge in [0, 0.05) is 25.9 Å². The summed E-state index contributed by atoms with van der Waals surface area (Å²) < 4.78 is 13.5. The van der Waals surface area contributed by atoms with Crippen LogP contribution in [0.5, 0.6) is 0 Å². The SMILES string of the molecule is CCCNC(=O)C(Cc1ccccc1)N(Cc1ccc(F)cc1)C(=O)CCc1ccc(CC)cc1. The van der Waals surface area contributed by atoms with Crippen LogP contribution in [0.1, 0.15) is 48.9 Å². The second-order valence-electron chi connectivity index (χ2n) is 8.81. The largest absolute Gasteiger partial charge is 0.354 e. The second-order valence-corrected chi connectivity index (χ2v) is 8.81. The first-order valence-electron chi connectivity index (χ1n) is 12.4. The fraction of sp³-hybridized carbons (Fsp3) is 0.333. The van der Waals surface area contributed by atoms with E-state index in [0.29, 0.717) is 25.8 Å². The van der Waals surface area contributed by atoms with Crippen LogP contribution in [0.4, 0.5) is 4.39 Å². The Bertz CT molecular complexity index is 1070. The number of halogens is 1. The fourth-order valence-electron chi connectivity index (χ4n) is 4.04. The zero-order valence-corrected chi connectivity index (χ0v) is 20.7. The Morgan fingerprint density at radius 3 is 2.09 bits per heavy atom. The monoisotopic (exact) mass is 474 g/mol. The maximum atomic E-state index is 13.6. The molecule has 0 aliphatic heterocycles. The number of nitrogens with one attached hydrogen (secondary N) is 1. The van der Waals surface area contributed by atoms with Crippen molar-refractivity contribution < 1.29 is 14.0 Å². The van der Waals surface area contributed by atoms with E-state index in [9.17, 15) is 14.0 Å². The molecule has 0 saturated heterocycles. The van der Waals surface area contributed by atoms with Crippen LogP contribution in [-0.4, -0.2) is 29.3 Å². The lowest BCUT2D eigenvalue weighted by molar-refractivity contribution is -0.141. The summed E-state index contributed by atoms with van der Waals surface area (Å²) in [7, 11) is 0. The van der Waals surface area contributed by atoms with Crippen LogP contribution in [0.3, 0.4) is 0 Å². The van der Waals surface area contributed by atoms with Crippen LogP contribution in [-0.2, 0) is 35.4 Å². The third-order valence-electron chi connectivity index (χ3n) is 6.15. The van der Waals surface area contributed by atoms with Crippen LogP contribution in [0.25, 0.3) is 0 Å². The molecule has 5 heteroatoms. The maximum absolute atomic E-state index is 13.6. The van der Waals surface area contributed by atoms with Crippen molar-refractivity contribution in [2.75, 3.05) is 6.54 Å². The van der Waals surface area contributed by atoms with Gasteiger partial charge in [-0.25, -0.2) is 4.39 Å². The minimum atomic E-state index is -0.663. The number of hydrogen-bond donors (Lipinski definition) is 1. The summed E-state index contributed by atoms with van der Waals surface area (Å²) in [6.07, 6.45) is 3.08. The lowest BCUT2D eigenvalue weighted by Crippen LogP contribution is -2.50. The topological polar surface area (TPSA) is 49.4 Å². The molecular formula is C30H35FN2O2. The number of rotatable bonds is 12. The molecule has 1 N–H and O–H groups in total. The summed E-state index contributed by atoms with van der Waals surface area (Å²) in [6, 6.07) is 23.5. The van der Waals surface area contributed by atoms with Gasteiger partial charge in [0.15, 0.2) is 0 Å². The van der Waals surface area contributed by atoms with Crippen LogP contribution in [0, 0.1) is 5.82 Å². The molecular weight excluding hydrogens is 439 g/mol. The predicted octanol–water partition coefficient (Wildman–Crippen LogP) is 5.49. The van der Waals surface area contributed by atoms with Crippen LogP contribution >= 0.6 is 0 Å². The molecule has 0 heterocycles. The molecule has 0 aromatic heterocycles. The van der Waals surface area contributed by atoms with Gasteiger partial charge >= 0.3 is 0 Å². The third kappa shape index (κ3) is 8.06. The molecule has 1 unspecified atom stereocenters. The van der Waals surface area contributed by atoms with Gasteiger partial charge in [-0.1, -0.05) is 80.6 Å². The zero-order valence-electron chi connectivity index (χ0n) is 20.7. The molecule has 184 valence electrons. The highest BCUT2D eigenvalue weighted by Gasteiger charge is 2.30. The average molecular weight is 475 g/mol. The van der Waals surface area contributed by atoms with Crippen molar-refractivity contribution in [3.05, 3.63) is 107 Å². The number of carbonyl (C=O) groups is 2. The van der Waals surface area contributed by atoms with Crippen molar-refractivity contribution >= 4 is 11.8 Å². The number of hydrogen-bond acceptors (Lipinski definition) is 2. The zero-order chi connectivity index (χ0) is 25.0. The Morgan fingerprint density at radius 1 is 0.829 bits per heavy atom. The highest BCUT2D eigenvalue weighted by Crippen LogP contribution is 2.18. The highest BCUT2D eigenvalue weighted by atomic mass is 19.1. The van der Waals surface area contributed by atoms with E-state index in [0.717, 1.165) is 29.5 Å². The lowest BCUT2D eigenvalue weighted by Gasteiger charge is -2.31. The van der Waals surface area contributed by atoms with Crippen LogP contribution in [0.15, 0.2) is 78.9 Å². The van der Waals surface area contributed by atoms with Crippen LogP contribution < -0.4 is 5.32 Å². The molecule has 2 amide bonds. The quantitative estimate of drug-likeness (QED) is 0.378. The molecule has 3 rings (SSSR count). The summed E-state index contributed by atoms with van der Waals surface area (Å²) in [5.74, 6) is -0.594. The van der Waals surface area contributed by atoms with Crippen molar-refractivity contribution in [1.29, 1.82) is 0 Å². The molecule has 4 nitrogen and oxygen atoms in total. The second kappa shape index (κ2) is 13.4. The van der Waals surface area contributed by atoms with Gasteiger partial charge in [-0.2, -0.15) is 0 Å². The van der Waals surface area contributed by atoms with Gasteiger partial charge in [-0.3, -0.25) is 9.59 Å². The normalized spacial score (nSPS) is 11.6. The fourth-order valence-corrected chi connectivity index (χ4v) is 4.04. The molecule has 0 aliphatic carbocycles. The van der Waals surface area contributed by atoms with E-state index >= 15 is 0 Å². The van der Waals surface area contributed by atoms with E-state index < -0.39 is 6.04 Å². The molecule has 35 heavy (non-hydrogen) atoms. The molecule has 0 spiro atoms. The molecule has 0 aliphatic rings. The van der Waals surface area contributed by atoms with E-state index in [4.69, 9.17) is 0 Å². The molecule has 0 radical (unpaired) electrons. The van der Waals surface area contributed by atoms with E-state index in [1.165, 1.54) is 17.7 Å². The Morgan fingerprint density at radius 2 is 1.46 bits per heavy atom. The van der Waals surface area contributed by atoms with Gasteiger partial charge in [0.2, 0.25) is 11.8 Å². The Hall–Kier alpha value is -3.47. The Balaban J connectivity index is 1.86. The van der Waals surface area contributed by atoms with Gasteiger partial charge in [-0.05, 0) is 53.6 Å². The minimum absolute atomic E-state index is 0.0959. The molecule has 0 saturated carbocycles. The first-order chi connectivity index (χ1) is 17.0. The summed E-state index contributed by atoms with van der Waals surface area (Å²) in [5, 5.41) is 2.98. The van der Waals surface area contributed by atoms with Gasteiger partial charge in [0.05, 0.1) is 0 Å². The summed E-state index contributed by atoms with van der Waals surface area (Å²) in [4.78, 5) is 28.5. The number of carbonyl (C=O) groups excluding carboxylic acids is 2. The first kappa shape index (κ1) is 26.1. The van der Waals surface area contributed by atoms with Gasteiger partial charge in [0.25, 0.3) is 0 Å². The number of aryl methyl sites for hydroxylation is 2. The average Bonchev–Trinajstić information content (AvgIpc) is 2.89. The van der Waals surface area contributed by atoms with E-state index in [1.807, 2.05) is 37.3 Å². The molecule has 0 fully saturated rings. The van der Waals surface area contributed by atoms with E-state index in [2.05, 4.69) is 36.5 Å². The standard InChI is InChI=1S/C30H35FN2O2/c1-3-20-32-30(35)28(21-25-8-6-5-7-9-25)33(22-26-14-17-27(31)18-15-26)29(34)19-16-24-12-10-23(4-2)11-13-24/h5-15,17-18,28H,3-4,16,19-22H2,1-2H3,(H,32,35). The van der Waals surface area contributed by atoms with E-state index in [-0.39, 0.29) is 24.2 Å². The summed E-state index contributed by atoms with van der Waals surface area (Å²) in [5.41, 5.74) is 4.12. The van der Waals surface area contributed by atoms with Crippen molar-refractivity contribution in [3.63, 3.8) is 0 Å². The molecule has 3 aromatic rings. The van der Waals surface area contributed by atoms with Crippen molar-refractivity contribution in [2.24, 2.45) is 0 Å². The number of nitrogens with zero attached hydrogens (tertiary/aromatic N) is 1. The van der Waals surface area contributed by atoms with Crippen molar-refractivity contribution in [2.45, 2.75) is 58.5 Å². The third-order valence-corrected chi connectivity index (χ3v) is 6.15. The molecule has 0 bridgehead atoms. The van der Waals surface area contributed by atoms with Crippen molar-refractivity contribution in [1.82, 2.24) is 10.2 Å². The lowest BCUT2D eigenvalue weighted by atomic mass is 10.0. The van der Waals surface area contributed by atoms with Gasteiger partial charge in [-0.15, -0.1) is 0 Å². The summed E-state index contributed by atoms with van der Waals surface area (Å²) >= 11 is 0. The highest BCUT2D eigenvalue weighted by molar-refractivity contribution is 5.88. The Kier molecular flexibility index (Phi) is 10.0. The number of benzene rings is 3. The van der Waals surface area contributed by atoms with Gasteiger partial charge in [0.1, 0.15) is 11.9 Å². The van der Waals surface area contributed by atoms with Crippen molar-refractivity contribution in [3.8, 4) is 0 Å². The smallest absolute Gasteiger partial charge is 0.243 e. The Labute approximate surface area is 208 Å². The minimum Gasteiger partial charge on any atom is -0.354 e. The molecule has 1 atom stereocenters. The van der Waals surface area contributed by atoms with E-state index in [1.54, 1.807) is 17.0 Å². The van der Waals surface area contributed by atoms with Crippen LogP contribution in [0.2, 0.25) is 0 Å². The number of amides is 2. The summed E-state index contributed by atoms with van der Waals surface area (Å²) in [6.45, 7) is 4.90. The molecule has 3 aromatic carbocycles. The first-order valence-corrected chi connectivity index (χ1v) is 12.4. The maximum Gasteiger partial charge on any atom is 0.243 e. The predicted molar refractivity (Wildman–Crippen MR) is 138 cm³/mol. The van der Waals surface area contributed by atoms with Gasteiger partial charge < -0.3 is 10.2 Å².